The standard InChI is InChI=1S/C15H13BrN2OS2/c1-9-5-10(2)7-11(6-9)14-17-18-15(19-14)20-8-12-3-4-13(16)21-12/h3-7H,8H2,1-2H3. The average Bonchev–Trinajstić information content (AvgIpc) is 3.04. The highest BCUT2D eigenvalue weighted by Crippen LogP contribution is 2.30. The lowest BCUT2D eigenvalue weighted by Gasteiger charge is -2.00. The zero-order valence-corrected chi connectivity index (χ0v) is 14.8. The summed E-state index contributed by atoms with van der Waals surface area (Å²) in [5.41, 5.74) is 3.37. The molecule has 1 aromatic carbocycles. The Morgan fingerprint density at radius 1 is 1.14 bits per heavy atom. The van der Waals surface area contributed by atoms with Crippen molar-refractivity contribution in [1.82, 2.24) is 10.2 Å². The molecule has 2 aromatic heterocycles. The Morgan fingerprint density at radius 2 is 1.90 bits per heavy atom. The summed E-state index contributed by atoms with van der Waals surface area (Å²) >= 11 is 6.74. The third-order valence-corrected chi connectivity index (χ3v) is 5.52. The SMILES string of the molecule is Cc1cc(C)cc(-c2nnc(SCc3ccc(Br)s3)o2)c1. The van der Waals surface area contributed by atoms with Crippen LogP contribution >= 0.6 is 39.0 Å². The highest BCUT2D eigenvalue weighted by atomic mass is 79.9. The molecule has 108 valence electrons. The Kier molecular flexibility index (Phi) is 4.47. The predicted molar refractivity (Wildman–Crippen MR) is 90.8 cm³/mol. The van der Waals surface area contributed by atoms with Crippen LogP contribution in [0.25, 0.3) is 11.5 Å². The van der Waals surface area contributed by atoms with E-state index in [2.05, 4.69) is 70.3 Å². The second-order valence-corrected chi connectivity index (χ2v) is 8.22. The van der Waals surface area contributed by atoms with E-state index >= 15 is 0 Å². The van der Waals surface area contributed by atoms with Crippen molar-refractivity contribution in [2.75, 3.05) is 0 Å². The van der Waals surface area contributed by atoms with Gasteiger partial charge in [-0.1, -0.05) is 29.0 Å². The maximum atomic E-state index is 5.74. The van der Waals surface area contributed by atoms with Crippen LogP contribution < -0.4 is 0 Å². The first-order valence-corrected chi connectivity index (χ1v) is 8.99. The van der Waals surface area contributed by atoms with Crippen LogP contribution in [0.2, 0.25) is 0 Å². The second-order valence-electron chi connectivity index (χ2n) is 4.74. The highest BCUT2D eigenvalue weighted by Gasteiger charge is 2.10. The van der Waals surface area contributed by atoms with E-state index in [1.807, 2.05) is 0 Å². The first-order chi connectivity index (χ1) is 10.1. The number of nitrogens with zero attached hydrogens (tertiary/aromatic N) is 2. The van der Waals surface area contributed by atoms with Gasteiger partial charge in [-0.15, -0.1) is 21.5 Å². The number of thioether (sulfide) groups is 1. The monoisotopic (exact) mass is 380 g/mol. The van der Waals surface area contributed by atoms with E-state index in [9.17, 15) is 0 Å². The molecular weight excluding hydrogens is 368 g/mol. The Balaban J connectivity index is 1.73. The van der Waals surface area contributed by atoms with Gasteiger partial charge in [-0.3, -0.25) is 0 Å². The first-order valence-electron chi connectivity index (χ1n) is 6.39. The summed E-state index contributed by atoms with van der Waals surface area (Å²) in [6.45, 7) is 4.13. The van der Waals surface area contributed by atoms with Gasteiger partial charge in [0.2, 0.25) is 5.89 Å². The van der Waals surface area contributed by atoms with Gasteiger partial charge in [-0.2, -0.15) is 0 Å². The molecular formula is C15H13BrN2OS2. The Hall–Kier alpha value is -1.11. The fraction of sp³-hybridized carbons (Fsp3) is 0.200. The lowest BCUT2D eigenvalue weighted by atomic mass is 10.1. The largest absolute Gasteiger partial charge is 0.411 e. The number of aromatic nitrogens is 2. The highest BCUT2D eigenvalue weighted by molar-refractivity contribution is 9.11. The van der Waals surface area contributed by atoms with Gasteiger partial charge in [0.05, 0.1) is 3.79 Å². The molecule has 0 aliphatic rings. The van der Waals surface area contributed by atoms with Crippen molar-refractivity contribution in [2.45, 2.75) is 24.8 Å². The molecule has 21 heavy (non-hydrogen) atoms. The molecule has 0 atom stereocenters. The van der Waals surface area contributed by atoms with Gasteiger partial charge in [-0.05, 0) is 54.0 Å². The number of halogens is 1. The minimum Gasteiger partial charge on any atom is -0.411 e. The average molecular weight is 381 g/mol. The molecule has 0 bridgehead atoms. The third kappa shape index (κ3) is 3.75. The van der Waals surface area contributed by atoms with Gasteiger partial charge in [0.15, 0.2) is 0 Å². The Morgan fingerprint density at radius 3 is 2.57 bits per heavy atom. The van der Waals surface area contributed by atoms with E-state index in [0.717, 1.165) is 15.1 Å². The van der Waals surface area contributed by atoms with E-state index in [4.69, 9.17) is 4.42 Å². The van der Waals surface area contributed by atoms with Crippen LogP contribution in [-0.4, -0.2) is 10.2 Å². The number of thiophene rings is 1. The van der Waals surface area contributed by atoms with Crippen LogP contribution in [0.5, 0.6) is 0 Å². The molecule has 0 saturated carbocycles. The molecule has 0 aliphatic carbocycles. The van der Waals surface area contributed by atoms with Crippen LogP contribution in [0.3, 0.4) is 0 Å². The molecule has 0 spiro atoms. The first kappa shape index (κ1) is 14.8. The molecule has 0 amide bonds. The van der Waals surface area contributed by atoms with Crippen molar-refractivity contribution in [3.63, 3.8) is 0 Å². The van der Waals surface area contributed by atoms with Crippen LogP contribution in [0.4, 0.5) is 0 Å². The maximum Gasteiger partial charge on any atom is 0.277 e. The lowest BCUT2D eigenvalue weighted by molar-refractivity contribution is 0.466. The van der Waals surface area contributed by atoms with Gasteiger partial charge in [-0.25, -0.2) is 0 Å². The smallest absolute Gasteiger partial charge is 0.277 e. The van der Waals surface area contributed by atoms with Crippen molar-refractivity contribution in [1.29, 1.82) is 0 Å². The summed E-state index contributed by atoms with van der Waals surface area (Å²) in [4.78, 5) is 1.28. The summed E-state index contributed by atoms with van der Waals surface area (Å²) in [5.74, 6) is 1.42. The molecule has 0 fully saturated rings. The van der Waals surface area contributed by atoms with Crippen molar-refractivity contribution in [2.24, 2.45) is 0 Å². The normalized spacial score (nSPS) is 11.0. The molecule has 3 aromatic rings. The minimum absolute atomic E-state index is 0.580. The van der Waals surface area contributed by atoms with Gasteiger partial charge in [0, 0.05) is 16.2 Å². The minimum atomic E-state index is 0.580. The molecule has 0 radical (unpaired) electrons. The van der Waals surface area contributed by atoms with Crippen LogP contribution in [-0.2, 0) is 5.75 Å². The zero-order valence-electron chi connectivity index (χ0n) is 11.6. The topological polar surface area (TPSA) is 38.9 Å². The van der Waals surface area contributed by atoms with Crippen LogP contribution in [0, 0.1) is 13.8 Å². The van der Waals surface area contributed by atoms with E-state index in [1.54, 1.807) is 23.1 Å². The van der Waals surface area contributed by atoms with Gasteiger partial charge in [0.25, 0.3) is 5.22 Å². The number of aryl methyl sites for hydroxylation is 2. The third-order valence-electron chi connectivity index (χ3n) is 2.84. The fourth-order valence-electron chi connectivity index (χ4n) is 2.05. The second kappa shape index (κ2) is 6.34. The quantitative estimate of drug-likeness (QED) is 0.562. The number of hydrogen-bond acceptors (Lipinski definition) is 5. The molecule has 0 aliphatic heterocycles. The number of benzene rings is 1. The maximum absolute atomic E-state index is 5.74. The van der Waals surface area contributed by atoms with Crippen LogP contribution in [0.15, 0.2) is 43.8 Å². The van der Waals surface area contributed by atoms with Gasteiger partial charge >= 0.3 is 0 Å². The molecule has 0 saturated heterocycles. The van der Waals surface area contributed by atoms with Crippen molar-refractivity contribution in [3.05, 3.63) is 50.1 Å². The summed E-state index contributed by atoms with van der Waals surface area (Å²) in [5, 5.41) is 8.86. The van der Waals surface area contributed by atoms with E-state index < -0.39 is 0 Å². The molecule has 2 heterocycles. The molecule has 0 unspecified atom stereocenters. The number of hydrogen-bond donors (Lipinski definition) is 0. The number of rotatable bonds is 4. The van der Waals surface area contributed by atoms with Crippen molar-refractivity contribution < 1.29 is 4.42 Å². The molecule has 0 N–H and O–H groups in total. The van der Waals surface area contributed by atoms with E-state index in [1.165, 1.54) is 16.0 Å². The van der Waals surface area contributed by atoms with E-state index in [0.29, 0.717) is 11.1 Å². The summed E-state index contributed by atoms with van der Waals surface area (Å²) in [6, 6.07) is 10.4. The van der Waals surface area contributed by atoms with Crippen molar-refractivity contribution >= 4 is 39.0 Å². The Labute approximate surface area is 139 Å². The van der Waals surface area contributed by atoms with Crippen molar-refractivity contribution in [3.8, 4) is 11.5 Å². The summed E-state index contributed by atoms with van der Waals surface area (Å²) in [6.07, 6.45) is 0. The Bertz CT molecular complexity index is 746. The summed E-state index contributed by atoms with van der Waals surface area (Å²) < 4.78 is 6.88. The zero-order chi connectivity index (χ0) is 14.8. The lowest BCUT2D eigenvalue weighted by Crippen LogP contribution is -1.82. The van der Waals surface area contributed by atoms with Crippen LogP contribution in [0.1, 0.15) is 16.0 Å². The fourth-order valence-corrected chi connectivity index (χ4v) is 4.33. The van der Waals surface area contributed by atoms with Gasteiger partial charge < -0.3 is 4.42 Å². The predicted octanol–water partition coefficient (Wildman–Crippen LogP) is 5.47. The molecule has 3 nitrogen and oxygen atoms in total. The van der Waals surface area contributed by atoms with Gasteiger partial charge in [0.1, 0.15) is 0 Å². The van der Waals surface area contributed by atoms with E-state index in [-0.39, 0.29) is 0 Å². The summed E-state index contributed by atoms with van der Waals surface area (Å²) in [7, 11) is 0. The molecule has 6 heteroatoms. The molecule has 3 rings (SSSR count).